The normalized spacial score (nSPS) is 11.2. The van der Waals surface area contributed by atoms with E-state index in [4.69, 9.17) is 0 Å². The summed E-state index contributed by atoms with van der Waals surface area (Å²) in [6, 6.07) is 16.2. The van der Waals surface area contributed by atoms with Crippen LogP contribution in [0.2, 0.25) is 0 Å². The topological polar surface area (TPSA) is 76.1 Å². The summed E-state index contributed by atoms with van der Waals surface area (Å²) in [7, 11) is -3.66. The van der Waals surface area contributed by atoms with Crippen molar-refractivity contribution in [2.45, 2.75) is 24.2 Å². The molecule has 0 saturated carbocycles. The number of ketones is 1. The third-order valence-corrected chi connectivity index (χ3v) is 6.00. The molecule has 0 atom stereocenters. The second-order valence-electron chi connectivity index (χ2n) is 5.79. The molecule has 0 saturated heterocycles. The van der Waals surface area contributed by atoms with E-state index in [1.807, 2.05) is 30.3 Å². The molecule has 0 aliphatic rings. The highest BCUT2D eigenvalue weighted by Crippen LogP contribution is 2.18. The number of thiazole rings is 1. The zero-order chi connectivity index (χ0) is 18.4. The molecule has 0 aliphatic heterocycles. The number of benzene rings is 2. The fourth-order valence-corrected chi connectivity index (χ4v) is 4.27. The molecule has 3 aromatic rings. The van der Waals surface area contributed by atoms with E-state index in [9.17, 15) is 13.2 Å². The van der Waals surface area contributed by atoms with Gasteiger partial charge in [-0.2, -0.15) is 0 Å². The van der Waals surface area contributed by atoms with Crippen LogP contribution in [0.3, 0.4) is 0 Å². The number of hydrogen-bond acceptors (Lipinski definition) is 5. The molecule has 0 spiro atoms. The van der Waals surface area contributed by atoms with Gasteiger partial charge in [0, 0.05) is 24.4 Å². The smallest absolute Gasteiger partial charge is 0.263 e. The third-order valence-electron chi connectivity index (χ3n) is 3.82. The molecule has 1 N–H and O–H groups in total. The van der Waals surface area contributed by atoms with Gasteiger partial charge < -0.3 is 0 Å². The molecule has 0 fully saturated rings. The molecule has 0 unspecified atom stereocenters. The standard InChI is InChI=1S/C19H18N2O3S2/c22-17(9-6-15-4-2-1-3-5-15)14-16-7-10-18(11-8-16)26(23,24)21-19-20-12-13-25-19/h1-5,7-8,10-13H,6,9,14H2,(H,20,21). The zero-order valence-corrected chi connectivity index (χ0v) is 15.6. The molecule has 1 heterocycles. The molecule has 26 heavy (non-hydrogen) atoms. The first-order chi connectivity index (χ1) is 12.5. The summed E-state index contributed by atoms with van der Waals surface area (Å²) in [6.07, 6.45) is 3.01. The SMILES string of the molecule is O=C(CCc1ccccc1)Cc1ccc(S(=O)(=O)Nc2nccs2)cc1. The second kappa shape index (κ2) is 8.25. The van der Waals surface area contributed by atoms with Crippen LogP contribution in [-0.2, 0) is 27.7 Å². The van der Waals surface area contributed by atoms with E-state index in [0.29, 0.717) is 24.4 Å². The Morgan fingerprint density at radius 3 is 2.38 bits per heavy atom. The molecule has 3 rings (SSSR count). The number of rotatable bonds is 8. The second-order valence-corrected chi connectivity index (χ2v) is 8.36. The number of anilines is 1. The molecule has 0 radical (unpaired) electrons. The highest BCUT2D eigenvalue weighted by Gasteiger charge is 2.15. The van der Waals surface area contributed by atoms with Crippen molar-refractivity contribution in [2.75, 3.05) is 4.72 Å². The lowest BCUT2D eigenvalue weighted by atomic mass is 10.0. The van der Waals surface area contributed by atoms with Gasteiger partial charge in [-0.3, -0.25) is 9.52 Å². The van der Waals surface area contributed by atoms with E-state index in [-0.39, 0.29) is 10.7 Å². The van der Waals surface area contributed by atoms with E-state index in [1.165, 1.54) is 29.7 Å². The molecule has 2 aromatic carbocycles. The van der Waals surface area contributed by atoms with E-state index in [1.54, 1.807) is 17.5 Å². The van der Waals surface area contributed by atoms with Crippen LogP contribution in [0.25, 0.3) is 0 Å². The zero-order valence-electron chi connectivity index (χ0n) is 14.0. The van der Waals surface area contributed by atoms with Gasteiger partial charge in [-0.15, -0.1) is 11.3 Å². The van der Waals surface area contributed by atoms with Crippen molar-refractivity contribution in [3.8, 4) is 0 Å². The van der Waals surface area contributed by atoms with Crippen LogP contribution in [0, 0.1) is 0 Å². The maximum absolute atomic E-state index is 12.3. The van der Waals surface area contributed by atoms with Gasteiger partial charge in [-0.1, -0.05) is 42.5 Å². The van der Waals surface area contributed by atoms with Crippen molar-refractivity contribution < 1.29 is 13.2 Å². The van der Waals surface area contributed by atoms with Crippen molar-refractivity contribution in [2.24, 2.45) is 0 Å². The first-order valence-corrected chi connectivity index (χ1v) is 10.5. The molecule has 1 aromatic heterocycles. The average molecular weight is 386 g/mol. The molecule has 134 valence electrons. The van der Waals surface area contributed by atoms with Crippen LogP contribution in [0.5, 0.6) is 0 Å². The van der Waals surface area contributed by atoms with Crippen molar-refractivity contribution in [3.63, 3.8) is 0 Å². The van der Waals surface area contributed by atoms with E-state index >= 15 is 0 Å². The lowest BCUT2D eigenvalue weighted by Gasteiger charge is -2.06. The van der Waals surface area contributed by atoms with E-state index in [2.05, 4.69) is 9.71 Å². The van der Waals surface area contributed by atoms with Gasteiger partial charge in [0.15, 0.2) is 5.13 Å². The number of nitrogens with one attached hydrogen (secondary N) is 1. The monoisotopic (exact) mass is 386 g/mol. The summed E-state index contributed by atoms with van der Waals surface area (Å²) in [5, 5.41) is 2.02. The maximum atomic E-state index is 12.3. The van der Waals surface area contributed by atoms with Gasteiger partial charge in [0.1, 0.15) is 5.78 Å². The average Bonchev–Trinajstić information content (AvgIpc) is 3.14. The van der Waals surface area contributed by atoms with E-state index < -0.39 is 10.0 Å². The number of aromatic nitrogens is 1. The first kappa shape index (κ1) is 18.3. The Hall–Kier alpha value is -2.51. The summed E-state index contributed by atoms with van der Waals surface area (Å²) in [5.74, 6) is 0.130. The van der Waals surface area contributed by atoms with E-state index in [0.717, 1.165) is 11.1 Å². The van der Waals surface area contributed by atoms with Crippen molar-refractivity contribution >= 4 is 32.3 Å². The van der Waals surface area contributed by atoms with Crippen LogP contribution >= 0.6 is 11.3 Å². The fourth-order valence-electron chi connectivity index (χ4n) is 2.48. The molecule has 0 bridgehead atoms. The predicted molar refractivity (Wildman–Crippen MR) is 103 cm³/mol. The number of carbonyl (C=O) groups is 1. The van der Waals surface area contributed by atoms with Crippen LogP contribution in [0.4, 0.5) is 5.13 Å². The minimum Gasteiger partial charge on any atom is -0.299 e. The van der Waals surface area contributed by atoms with Crippen LogP contribution < -0.4 is 4.72 Å². The lowest BCUT2D eigenvalue weighted by molar-refractivity contribution is -0.118. The van der Waals surface area contributed by atoms with Gasteiger partial charge in [0.25, 0.3) is 10.0 Å². The van der Waals surface area contributed by atoms with Gasteiger partial charge >= 0.3 is 0 Å². The maximum Gasteiger partial charge on any atom is 0.263 e. The van der Waals surface area contributed by atoms with Gasteiger partial charge in [-0.25, -0.2) is 13.4 Å². The first-order valence-electron chi connectivity index (χ1n) is 8.10. The molecular formula is C19H18N2O3S2. The van der Waals surface area contributed by atoms with Crippen molar-refractivity contribution in [3.05, 3.63) is 77.3 Å². The Kier molecular flexibility index (Phi) is 5.80. The van der Waals surface area contributed by atoms with Crippen molar-refractivity contribution in [1.29, 1.82) is 0 Å². The summed E-state index contributed by atoms with van der Waals surface area (Å²) in [5.41, 5.74) is 1.94. The molecule has 0 amide bonds. The highest BCUT2D eigenvalue weighted by atomic mass is 32.2. The molecular weight excluding hydrogens is 368 g/mol. The Morgan fingerprint density at radius 1 is 1.00 bits per heavy atom. The van der Waals surface area contributed by atoms with Crippen LogP contribution in [0.1, 0.15) is 17.5 Å². The largest absolute Gasteiger partial charge is 0.299 e. The number of sulfonamides is 1. The van der Waals surface area contributed by atoms with Crippen LogP contribution in [0.15, 0.2) is 71.1 Å². The number of aryl methyl sites for hydroxylation is 1. The number of Topliss-reactive ketones (excluding diaryl/α,β-unsaturated/α-hetero) is 1. The minimum atomic E-state index is -3.66. The predicted octanol–water partition coefficient (Wildman–Crippen LogP) is 3.69. The van der Waals surface area contributed by atoms with Gasteiger partial charge in [0.05, 0.1) is 4.90 Å². The quantitative estimate of drug-likeness (QED) is 0.641. The summed E-state index contributed by atoms with van der Waals surface area (Å²) in [4.78, 5) is 16.2. The third kappa shape index (κ3) is 5.00. The van der Waals surface area contributed by atoms with Crippen molar-refractivity contribution in [1.82, 2.24) is 4.98 Å². The molecule has 5 nitrogen and oxygen atoms in total. The Balaban J connectivity index is 1.58. The summed E-state index contributed by atoms with van der Waals surface area (Å²) < 4.78 is 27.0. The molecule has 7 heteroatoms. The van der Waals surface area contributed by atoms with Gasteiger partial charge in [0.2, 0.25) is 0 Å². The number of carbonyl (C=O) groups excluding carboxylic acids is 1. The summed E-state index contributed by atoms with van der Waals surface area (Å²) >= 11 is 1.21. The molecule has 0 aliphatic carbocycles. The lowest BCUT2D eigenvalue weighted by Crippen LogP contribution is -2.13. The number of hydrogen-bond donors (Lipinski definition) is 1. The fraction of sp³-hybridized carbons (Fsp3) is 0.158. The Morgan fingerprint density at radius 2 is 1.73 bits per heavy atom. The summed E-state index contributed by atoms with van der Waals surface area (Å²) in [6.45, 7) is 0. The minimum absolute atomic E-state index is 0.130. The van der Waals surface area contributed by atoms with Crippen LogP contribution in [-0.4, -0.2) is 19.2 Å². The highest BCUT2D eigenvalue weighted by molar-refractivity contribution is 7.93. The number of nitrogens with zero attached hydrogens (tertiary/aromatic N) is 1. The van der Waals surface area contributed by atoms with Gasteiger partial charge in [-0.05, 0) is 29.7 Å². The Labute approximate surface area is 156 Å². The Bertz CT molecular complexity index is 952.